The first-order chi connectivity index (χ1) is 9.99. The van der Waals surface area contributed by atoms with E-state index in [-0.39, 0.29) is 0 Å². The lowest BCUT2D eigenvalue weighted by molar-refractivity contribution is -0.191. The molecule has 0 aromatic carbocycles. The number of nitrogens with one attached hydrogen (secondary N) is 1. The van der Waals surface area contributed by atoms with Crippen LogP contribution < -0.4 is 5.43 Å². The number of rotatable bonds is 5. The fourth-order valence-corrected chi connectivity index (χ4v) is 3.92. The van der Waals surface area contributed by atoms with Crippen LogP contribution >= 0.6 is 0 Å². The quantitative estimate of drug-likeness (QED) is 0.840. The summed E-state index contributed by atoms with van der Waals surface area (Å²) in [6.45, 7) is 18.0. The molecule has 3 saturated heterocycles. The van der Waals surface area contributed by atoms with Crippen molar-refractivity contribution in [1.82, 2.24) is 15.3 Å². The molecule has 3 fully saturated rings. The molecular weight excluding hydrogens is 262 g/mol. The molecule has 21 heavy (non-hydrogen) atoms. The molecule has 4 heteroatoms. The van der Waals surface area contributed by atoms with Crippen LogP contribution in [0.5, 0.6) is 0 Å². The van der Waals surface area contributed by atoms with E-state index in [1.807, 2.05) is 0 Å². The second-order valence-electron chi connectivity index (χ2n) is 7.74. The van der Waals surface area contributed by atoms with Crippen LogP contribution in [0.2, 0.25) is 0 Å². The third kappa shape index (κ3) is 3.13. The zero-order chi connectivity index (χ0) is 15.0. The zero-order valence-corrected chi connectivity index (χ0v) is 13.9. The predicted molar refractivity (Wildman–Crippen MR) is 85.7 cm³/mol. The van der Waals surface area contributed by atoms with Gasteiger partial charge in [0.2, 0.25) is 0 Å². The number of likely N-dealkylation sites (tertiary alicyclic amines) is 1. The molecule has 0 aromatic heterocycles. The molecule has 120 valence electrons. The maximum absolute atomic E-state index is 5.35. The summed E-state index contributed by atoms with van der Waals surface area (Å²) in [6.07, 6.45) is 2.54. The van der Waals surface area contributed by atoms with E-state index in [2.05, 4.69) is 42.7 Å². The highest BCUT2D eigenvalue weighted by Gasteiger charge is 2.49. The van der Waals surface area contributed by atoms with Gasteiger partial charge in [-0.2, -0.15) is 0 Å². The molecule has 3 unspecified atom stereocenters. The van der Waals surface area contributed by atoms with Crippen LogP contribution in [-0.2, 0) is 4.74 Å². The van der Waals surface area contributed by atoms with Gasteiger partial charge in [0.25, 0.3) is 0 Å². The summed E-state index contributed by atoms with van der Waals surface area (Å²) in [5, 5.41) is 2.30. The lowest BCUT2D eigenvalue weighted by Crippen LogP contribution is -2.66. The van der Waals surface area contributed by atoms with E-state index >= 15 is 0 Å². The van der Waals surface area contributed by atoms with Gasteiger partial charge in [0.1, 0.15) is 0 Å². The zero-order valence-electron chi connectivity index (χ0n) is 13.9. The molecule has 0 amide bonds. The van der Waals surface area contributed by atoms with Gasteiger partial charge in [0, 0.05) is 49.3 Å². The average Bonchev–Trinajstić information content (AvgIpc) is 2.38. The molecule has 3 heterocycles. The summed E-state index contributed by atoms with van der Waals surface area (Å²) >= 11 is 0. The van der Waals surface area contributed by atoms with Gasteiger partial charge in [-0.05, 0) is 25.7 Å². The van der Waals surface area contributed by atoms with Crippen LogP contribution in [0.15, 0.2) is 12.3 Å². The van der Waals surface area contributed by atoms with E-state index in [1.165, 1.54) is 38.2 Å². The Bertz CT molecular complexity index is 385. The molecule has 0 radical (unpaired) electrons. The smallest absolute Gasteiger partial charge is 0.0569 e. The third-order valence-corrected chi connectivity index (χ3v) is 5.60. The van der Waals surface area contributed by atoms with E-state index in [4.69, 9.17) is 4.74 Å². The molecule has 0 saturated carbocycles. The first-order valence-electron chi connectivity index (χ1n) is 8.52. The van der Waals surface area contributed by atoms with Crippen molar-refractivity contribution in [3.8, 4) is 0 Å². The summed E-state index contributed by atoms with van der Waals surface area (Å²) in [4.78, 5) is 2.59. The summed E-state index contributed by atoms with van der Waals surface area (Å²) in [7, 11) is 0. The molecule has 3 aliphatic rings. The summed E-state index contributed by atoms with van der Waals surface area (Å²) in [5.41, 5.74) is 5.36. The van der Waals surface area contributed by atoms with Crippen LogP contribution in [0.4, 0.5) is 0 Å². The van der Waals surface area contributed by atoms with Crippen molar-refractivity contribution in [2.24, 2.45) is 17.3 Å². The van der Waals surface area contributed by atoms with Crippen LogP contribution in [0.1, 0.15) is 33.6 Å². The van der Waals surface area contributed by atoms with Crippen molar-refractivity contribution in [3.05, 3.63) is 12.3 Å². The van der Waals surface area contributed by atoms with Crippen molar-refractivity contribution >= 4 is 0 Å². The Labute approximate surface area is 129 Å². The first kappa shape index (κ1) is 15.3. The number of hydrogen-bond acceptors (Lipinski definition) is 4. The predicted octanol–water partition coefficient (Wildman–Crippen LogP) is 2.09. The summed E-state index contributed by atoms with van der Waals surface area (Å²) in [5.74, 6) is 1.17. The minimum Gasteiger partial charge on any atom is -0.380 e. The lowest BCUT2D eigenvalue weighted by Gasteiger charge is -2.56. The summed E-state index contributed by atoms with van der Waals surface area (Å²) < 4.78 is 5.35. The van der Waals surface area contributed by atoms with E-state index in [9.17, 15) is 0 Å². The second-order valence-corrected chi connectivity index (χ2v) is 7.74. The van der Waals surface area contributed by atoms with E-state index in [1.54, 1.807) is 0 Å². The molecular formula is C17H31N3O. The Morgan fingerprint density at radius 2 is 2.10 bits per heavy atom. The molecule has 1 N–H and O–H groups in total. The SMILES string of the molecule is C=C(C(C)C(C)CN1CC2(COC2)C1)N1CCCC(C)N1. The minimum atomic E-state index is 0.525. The van der Waals surface area contributed by atoms with Gasteiger partial charge in [-0.1, -0.05) is 20.4 Å². The maximum Gasteiger partial charge on any atom is 0.0569 e. The Hall–Kier alpha value is -0.580. The molecule has 0 aliphatic carbocycles. The fraction of sp³-hybridized carbons (Fsp3) is 0.882. The van der Waals surface area contributed by atoms with Gasteiger partial charge in [0.15, 0.2) is 0 Å². The fourth-order valence-electron chi connectivity index (χ4n) is 3.92. The second kappa shape index (κ2) is 5.90. The van der Waals surface area contributed by atoms with Crippen LogP contribution in [0.25, 0.3) is 0 Å². The van der Waals surface area contributed by atoms with Crippen LogP contribution in [-0.4, -0.2) is 55.3 Å². The standard InChI is InChI=1S/C17H31N3O/c1-13(8-19-9-17(10-19)11-21-12-17)15(3)16(4)20-7-5-6-14(2)18-20/h13-15,18H,4-12H2,1-3H3. The van der Waals surface area contributed by atoms with Crippen LogP contribution in [0, 0.1) is 17.3 Å². The normalized spacial score (nSPS) is 31.4. The van der Waals surface area contributed by atoms with Crippen molar-refractivity contribution in [2.45, 2.75) is 39.7 Å². The van der Waals surface area contributed by atoms with E-state index < -0.39 is 0 Å². The minimum absolute atomic E-state index is 0.525. The van der Waals surface area contributed by atoms with Gasteiger partial charge in [-0.25, -0.2) is 5.43 Å². The maximum atomic E-state index is 5.35. The largest absolute Gasteiger partial charge is 0.380 e. The van der Waals surface area contributed by atoms with Crippen molar-refractivity contribution in [1.29, 1.82) is 0 Å². The Morgan fingerprint density at radius 1 is 1.38 bits per heavy atom. The van der Waals surface area contributed by atoms with Crippen LogP contribution in [0.3, 0.4) is 0 Å². The molecule has 3 atom stereocenters. The highest BCUT2D eigenvalue weighted by Crippen LogP contribution is 2.38. The van der Waals surface area contributed by atoms with Crippen molar-refractivity contribution in [3.63, 3.8) is 0 Å². The van der Waals surface area contributed by atoms with Gasteiger partial charge >= 0.3 is 0 Å². The molecule has 3 aliphatic heterocycles. The molecule has 3 rings (SSSR count). The number of hydrazine groups is 1. The Balaban J connectivity index is 1.45. The Kier molecular flexibility index (Phi) is 4.30. The van der Waals surface area contributed by atoms with Gasteiger partial charge in [-0.15, -0.1) is 0 Å². The van der Waals surface area contributed by atoms with Crippen molar-refractivity contribution in [2.75, 3.05) is 39.4 Å². The molecule has 0 aromatic rings. The van der Waals surface area contributed by atoms with Gasteiger partial charge < -0.3 is 14.6 Å². The third-order valence-electron chi connectivity index (χ3n) is 5.60. The van der Waals surface area contributed by atoms with E-state index in [0.29, 0.717) is 23.3 Å². The molecule has 0 bridgehead atoms. The highest BCUT2D eigenvalue weighted by atomic mass is 16.5. The number of ether oxygens (including phenoxy) is 1. The first-order valence-corrected chi connectivity index (χ1v) is 8.52. The topological polar surface area (TPSA) is 27.7 Å². The van der Waals surface area contributed by atoms with Gasteiger partial charge in [-0.3, -0.25) is 0 Å². The van der Waals surface area contributed by atoms with Gasteiger partial charge in [0.05, 0.1) is 13.2 Å². The average molecular weight is 293 g/mol. The number of nitrogens with zero attached hydrogens (tertiary/aromatic N) is 2. The highest BCUT2D eigenvalue weighted by molar-refractivity contribution is 5.03. The molecule has 1 spiro atoms. The lowest BCUT2D eigenvalue weighted by atomic mass is 9.77. The van der Waals surface area contributed by atoms with Crippen molar-refractivity contribution < 1.29 is 4.74 Å². The monoisotopic (exact) mass is 293 g/mol. The Morgan fingerprint density at radius 3 is 2.67 bits per heavy atom. The number of hydrogen-bond donors (Lipinski definition) is 1. The summed E-state index contributed by atoms with van der Waals surface area (Å²) in [6, 6.07) is 0.576. The number of allylic oxidation sites excluding steroid dienone is 1. The van der Waals surface area contributed by atoms with E-state index in [0.717, 1.165) is 19.8 Å². The molecule has 4 nitrogen and oxygen atoms in total.